The minimum absolute atomic E-state index is 0.401. The molecule has 6 rings (SSSR count). The van der Waals surface area contributed by atoms with Crippen LogP contribution >= 0.6 is 0 Å². The van der Waals surface area contributed by atoms with Crippen molar-refractivity contribution in [1.82, 2.24) is 0 Å². The van der Waals surface area contributed by atoms with Gasteiger partial charge in [0, 0.05) is 24.7 Å². The number of rotatable bonds is 0. The van der Waals surface area contributed by atoms with Crippen LogP contribution in [0.15, 0.2) is 0 Å². The molecule has 1 heterocycles. The highest BCUT2D eigenvalue weighted by Gasteiger charge is 2.67. The van der Waals surface area contributed by atoms with Crippen molar-refractivity contribution in [2.75, 3.05) is 0 Å². The van der Waals surface area contributed by atoms with Crippen LogP contribution in [0.1, 0.15) is 51.4 Å². The average molecular weight is 296 g/mol. The van der Waals surface area contributed by atoms with Crippen molar-refractivity contribution in [2.45, 2.75) is 75.1 Å². The smallest absolute Gasteiger partial charge is 0.210 e. The predicted octanol–water partition coefficient (Wildman–Crippen LogP) is 1.72. The van der Waals surface area contributed by atoms with Crippen LogP contribution in [-0.4, -0.2) is 34.0 Å². The first kappa shape index (κ1) is 13.3. The Morgan fingerprint density at radius 3 is 1.86 bits per heavy atom. The van der Waals surface area contributed by atoms with E-state index >= 15 is 0 Å². The fourth-order valence-corrected chi connectivity index (χ4v) is 6.04. The zero-order chi connectivity index (χ0) is 14.2. The molecule has 118 valence electrons. The fourth-order valence-electron chi connectivity index (χ4n) is 6.04. The Labute approximate surface area is 124 Å². The van der Waals surface area contributed by atoms with Gasteiger partial charge in [-0.3, -0.25) is 0 Å². The van der Waals surface area contributed by atoms with E-state index in [2.05, 4.69) is 0 Å². The molecule has 0 aromatic carbocycles. The van der Waals surface area contributed by atoms with Gasteiger partial charge in [0.2, 0.25) is 11.6 Å². The van der Waals surface area contributed by atoms with Crippen molar-refractivity contribution < 1.29 is 24.7 Å². The molecule has 0 aromatic rings. The lowest BCUT2D eigenvalue weighted by molar-refractivity contribution is -0.392. The largest absolute Gasteiger partial charge is 0.393 e. The zero-order valence-corrected chi connectivity index (χ0v) is 12.2. The van der Waals surface area contributed by atoms with Crippen molar-refractivity contribution >= 4 is 0 Å². The molecule has 0 amide bonds. The van der Waals surface area contributed by atoms with E-state index in [-0.39, 0.29) is 0 Å². The molecule has 1 unspecified atom stereocenters. The summed E-state index contributed by atoms with van der Waals surface area (Å²) in [4.78, 5) is 11.5. The van der Waals surface area contributed by atoms with Crippen LogP contribution < -0.4 is 0 Å². The third-order valence-corrected chi connectivity index (χ3v) is 6.58. The standard InChI is InChI=1S/C16H24O5/c17-13-6-14(18)8-15(7-13)19-16(21-20-15)11-2-9-1-10(4-11)5-12(16)3-9/h9-14,17-18H,1-8H2/t9?,10?,11?,12?,13-,14+,15?,16?. The molecule has 5 aliphatic carbocycles. The molecule has 5 heteroatoms. The van der Waals surface area contributed by atoms with E-state index in [1.165, 1.54) is 32.1 Å². The molecule has 0 radical (unpaired) electrons. The van der Waals surface area contributed by atoms with E-state index in [1.54, 1.807) is 0 Å². The topological polar surface area (TPSA) is 68.2 Å². The summed E-state index contributed by atoms with van der Waals surface area (Å²) >= 11 is 0. The molecule has 5 nitrogen and oxygen atoms in total. The molecular formula is C16H24O5. The van der Waals surface area contributed by atoms with Gasteiger partial charge < -0.3 is 14.9 Å². The van der Waals surface area contributed by atoms with Crippen molar-refractivity contribution in [3.05, 3.63) is 0 Å². The van der Waals surface area contributed by atoms with Gasteiger partial charge in [-0.25, -0.2) is 0 Å². The minimum Gasteiger partial charge on any atom is -0.393 e. The Morgan fingerprint density at radius 1 is 0.714 bits per heavy atom. The Hall–Kier alpha value is -0.200. The second-order valence-corrected chi connectivity index (χ2v) is 8.16. The summed E-state index contributed by atoms with van der Waals surface area (Å²) in [7, 11) is 0. The maximum absolute atomic E-state index is 9.97. The van der Waals surface area contributed by atoms with E-state index in [4.69, 9.17) is 14.5 Å². The molecule has 1 saturated heterocycles. The Bertz CT molecular complexity index is 412. The van der Waals surface area contributed by atoms with Gasteiger partial charge in [-0.15, -0.1) is 0 Å². The van der Waals surface area contributed by atoms with Gasteiger partial charge in [0.1, 0.15) is 0 Å². The monoisotopic (exact) mass is 296 g/mol. The first-order valence-electron chi connectivity index (χ1n) is 8.50. The highest BCUT2D eigenvalue weighted by Crippen LogP contribution is 2.63. The van der Waals surface area contributed by atoms with Crippen molar-refractivity contribution in [3.8, 4) is 0 Å². The van der Waals surface area contributed by atoms with Crippen LogP contribution in [0.25, 0.3) is 0 Å². The Morgan fingerprint density at radius 2 is 1.29 bits per heavy atom. The summed E-state index contributed by atoms with van der Waals surface area (Å²) in [5, 5.41) is 19.9. The molecule has 4 bridgehead atoms. The predicted molar refractivity (Wildman–Crippen MR) is 71.6 cm³/mol. The molecule has 1 aliphatic heterocycles. The minimum atomic E-state index is -0.938. The molecule has 2 N–H and O–H groups in total. The van der Waals surface area contributed by atoms with Gasteiger partial charge in [-0.05, 0) is 50.4 Å². The number of aliphatic hydroxyl groups is 2. The molecule has 6 fully saturated rings. The third-order valence-electron chi connectivity index (χ3n) is 6.58. The van der Waals surface area contributed by atoms with E-state index in [1.807, 2.05) is 0 Å². The quantitative estimate of drug-likeness (QED) is 0.666. The lowest BCUT2D eigenvalue weighted by Gasteiger charge is -2.57. The lowest BCUT2D eigenvalue weighted by atomic mass is 9.53. The van der Waals surface area contributed by atoms with E-state index in [0.717, 1.165) is 11.8 Å². The molecular weight excluding hydrogens is 272 g/mol. The van der Waals surface area contributed by atoms with Crippen LogP contribution in [0.5, 0.6) is 0 Å². The van der Waals surface area contributed by atoms with Crippen molar-refractivity contribution in [2.24, 2.45) is 23.7 Å². The summed E-state index contributed by atoms with van der Waals surface area (Å²) in [6.07, 6.45) is 6.14. The number of hydrogen-bond donors (Lipinski definition) is 2. The normalized spacial score (nSPS) is 62.0. The summed E-state index contributed by atoms with van der Waals surface area (Å²) in [6, 6.07) is 0. The van der Waals surface area contributed by atoms with E-state index in [9.17, 15) is 10.2 Å². The summed E-state index contributed by atoms with van der Waals surface area (Å²) in [6.45, 7) is 0. The first-order valence-corrected chi connectivity index (χ1v) is 8.50. The van der Waals surface area contributed by atoms with Gasteiger partial charge in [0.15, 0.2) is 0 Å². The average Bonchev–Trinajstić information content (AvgIpc) is 2.74. The molecule has 21 heavy (non-hydrogen) atoms. The zero-order valence-electron chi connectivity index (χ0n) is 12.2. The summed E-state index contributed by atoms with van der Waals surface area (Å²) in [5.74, 6) is 0.971. The van der Waals surface area contributed by atoms with Crippen molar-refractivity contribution in [3.63, 3.8) is 0 Å². The van der Waals surface area contributed by atoms with Crippen LogP contribution in [0.3, 0.4) is 0 Å². The third kappa shape index (κ3) is 1.81. The van der Waals surface area contributed by atoms with Crippen LogP contribution in [-0.2, 0) is 14.5 Å². The molecule has 6 aliphatic rings. The number of hydrogen-bond acceptors (Lipinski definition) is 5. The SMILES string of the molecule is O[C@@H]1C[C@H](O)CC2(C1)OOC1(O2)C2CC3CC(C2)CC1C3. The molecule has 3 atom stereocenters. The van der Waals surface area contributed by atoms with Gasteiger partial charge in [0.05, 0.1) is 12.2 Å². The number of ether oxygens (including phenoxy) is 1. The lowest BCUT2D eigenvalue weighted by Crippen LogP contribution is -2.59. The maximum atomic E-state index is 9.97. The number of aliphatic hydroxyl groups excluding tert-OH is 2. The van der Waals surface area contributed by atoms with Crippen LogP contribution in [0, 0.1) is 23.7 Å². The van der Waals surface area contributed by atoms with Crippen LogP contribution in [0.2, 0.25) is 0 Å². The molecule has 0 aromatic heterocycles. The summed E-state index contributed by atoms with van der Waals surface area (Å²) < 4.78 is 6.43. The van der Waals surface area contributed by atoms with E-state index < -0.39 is 23.8 Å². The van der Waals surface area contributed by atoms with Gasteiger partial charge in [-0.1, -0.05) is 0 Å². The highest BCUT2D eigenvalue weighted by atomic mass is 17.3. The summed E-state index contributed by atoms with van der Waals surface area (Å²) in [5.41, 5.74) is 0. The van der Waals surface area contributed by atoms with Gasteiger partial charge >= 0.3 is 0 Å². The maximum Gasteiger partial charge on any atom is 0.210 e. The van der Waals surface area contributed by atoms with Gasteiger partial charge in [-0.2, -0.15) is 9.78 Å². The Balaban J connectivity index is 1.44. The van der Waals surface area contributed by atoms with Crippen molar-refractivity contribution in [1.29, 1.82) is 0 Å². The van der Waals surface area contributed by atoms with Crippen LogP contribution in [0.4, 0.5) is 0 Å². The second-order valence-electron chi connectivity index (χ2n) is 8.16. The molecule has 5 saturated carbocycles. The Kier molecular flexibility index (Phi) is 2.65. The van der Waals surface area contributed by atoms with E-state index in [0.29, 0.717) is 31.1 Å². The molecule has 2 spiro atoms. The second kappa shape index (κ2) is 4.20. The first-order chi connectivity index (χ1) is 10.1. The fraction of sp³-hybridized carbons (Fsp3) is 1.00. The van der Waals surface area contributed by atoms with Gasteiger partial charge in [0.25, 0.3) is 0 Å². The highest BCUT2D eigenvalue weighted by molar-refractivity contribution is 5.06.